The number of benzene rings is 1. The quantitative estimate of drug-likeness (QED) is 0.426. The third kappa shape index (κ3) is 6.57. The van der Waals surface area contributed by atoms with E-state index in [2.05, 4.69) is 65.6 Å². The molecule has 0 aliphatic carbocycles. The number of hydrogen-bond donors (Lipinski definition) is 2. The van der Waals surface area contributed by atoms with Crippen LogP contribution in [0.4, 0.5) is 5.69 Å². The maximum absolute atomic E-state index is 4.61. The normalized spacial score (nSPS) is 14.8. The first-order valence-corrected chi connectivity index (χ1v) is 8.59. The number of nitrogens with zero attached hydrogens (tertiary/aromatic N) is 2. The molecule has 1 aromatic rings. The van der Waals surface area contributed by atoms with Crippen molar-refractivity contribution in [1.82, 2.24) is 10.6 Å². The highest BCUT2D eigenvalue weighted by atomic mass is 127. The Morgan fingerprint density at radius 3 is 2.17 bits per heavy atom. The number of halogens is 1. The Hall–Kier alpha value is -0.980. The van der Waals surface area contributed by atoms with Gasteiger partial charge < -0.3 is 15.5 Å². The molecule has 1 aliphatic rings. The zero-order chi connectivity index (χ0) is 15.8. The smallest absolute Gasteiger partial charge is 0.191 e. The highest BCUT2D eigenvalue weighted by Crippen LogP contribution is 2.23. The van der Waals surface area contributed by atoms with Crippen LogP contribution < -0.4 is 15.5 Å². The first-order valence-electron chi connectivity index (χ1n) is 8.59. The Morgan fingerprint density at radius 1 is 1.09 bits per heavy atom. The Bertz CT molecular complexity index is 456. The molecule has 2 rings (SSSR count). The van der Waals surface area contributed by atoms with Gasteiger partial charge in [-0.2, -0.15) is 0 Å². The van der Waals surface area contributed by atoms with E-state index in [9.17, 15) is 0 Å². The second kappa shape index (κ2) is 10.7. The summed E-state index contributed by atoms with van der Waals surface area (Å²) in [5.74, 6) is 1.76. The standard InChI is InChI=1S/C18H30N4.HI/c1-4-19-18(20-5-2)21-14-16-6-8-17(9-7-16)22-12-10-15(3)11-13-22;/h6-9,15H,4-5,10-14H2,1-3H3,(H2,19,20,21);1H. The molecule has 0 amide bonds. The molecular formula is C18H31IN4. The van der Waals surface area contributed by atoms with Crippen LogP contribution in [0.15, 0.2) is 29.3 Å². The van der Waals surface area contributed by atoms with Gasteiger partial charge in [0.15, 0.2) is 5.96 Å². The molecule has 0 radical (unpaired) electrons. The fourth-order valence-corrected chi connectivity index (χ4v) is 2.76. The fourth-order valence-electron chi connectivity index (χ4n) is 2.76. The van der Waals surface area contributed by atoms with Gasteiger partial charge >= 0.3 is 0 Å². The molecule has 1 aromatic carbocycles. The first-order chi connectivity index (χ1) is 10.7. The van der Waals surface area contributed by atoms with Gasteiger partial charge in [-0.05, 0) is 50.3 Å². The number of nitrogens with one attached hydrogen (secondary N) is 2. The molecule has 0 bridgehead atoms. The molecule has 1 aliphatic heterocycles. The van der Waals surface area contributed by atoms with Gasteiger partial charge in [-0.3, -0.25) is 0 Å². The van der Waals surface area contributed by atoms with E-state index >= 15 is 0 Å². The molecule has 1 saturated heterocycles. The van der Waals surface area contributed by atoms with Crippen molar-refractivity contribution in [3.63, 3.8) is 0 Å². The van der Waals surface area contributed by atoms with Gasteiger partial charge in [-0.15, -0.1) is 24.0 Å². The maximum atomic E-state index is 4.61. The Kier molecular flexibility index (Phi) is 9.36. The molecule has 130 valence electrons. The topological polar surface area (TPSA) is 39.7 Å². The lowest BCUT2D eigenvalue weighted by Crippen LogP contribution is -2.36. The molecule has 4 nitrogen and oxygen atoms in total. The minimum atomic E-state index is 0. The summed E-state index contributed by atoms with van der Waals surface area (Å²) in [6.45, 7) is 11.4. The monoisotopic (exact) mass is 430 g/mol. The molecule has 0 spiro atoms. The Labute approximate surface area is 158 Å². The zero-order valence-corrected chi connectivity index (χ0v) is 17.0. The molecule has 1 heterocycles. The highest BCUT2D eigenvalue weighted by Gasteiger charge is 2.15. The predicted molar refractivity (Wildman–Crippen MR) is 111 cm³/mol. The van der Waals surface area contributed by atoms with E-state index in [1.165, 1.54) is 37.2 Å². The van der Waals surface area contributed by atoms with Crippen molar-refractivity contribution in [2.45, 2.75) is 40.2 Å². The van der Waals surface area contributed by atoms with Gasteiger partial charge in [0.1, 0.15) is 0 Å². The van der Waals surface area contributed by atoms with Crippen LogP contribution in [-0.4, -0.2) is 32.1 Å². The second-order valence-electron chi connectivity index (χ2n) is 6.06. The van der Waals surface area contributed by atoms with Crippen LogP contribution >= 0.6 is 24.0 Å². The van der Waals surface area contributed by atoms with Crippen molar-refractivity contribution in [1.29, 1.82) is 0 Å². The van der Waals surface area contributed by atoms with Crippen LogP contribution in [0.1, 0.15) is 39.2 Å². The summed E-state index contributed by atoms with van der Waals surface area (Å²) in [5, 5.41) is 6.50. The summed E-state index contributed by atoms with van der Waals surface area (Å²) in [5.41, 5.74) is 2.60. The van der Waals surface area contributed by atoms with Gasteiger partial charge in [0.25, 0.3) is 0 Å². The number of piperidine rings is 1. The minimum Gasteiger partial charge on any atom is -0.372 e. The largest absolute Gasteiger partial charge is 0.372 e. The van der Waals surface area contributed by atoms with Crippen molar-refractivity contribution in [3.05, 3.63) is 29.8 Å². The van der Waals surface area contributed by atoms with E-state index < -0.39 is 0 Å². The van der Waals surface area contributed by atoms with Gasteiger partial charge in [0, 0.05) is 31.9 Å². The van der Waals surface area contributed by atoms with Crippen molar-refractivity contribution in [2.75, 3.05) is 31.1 Å². The second-order valence-corrected chi connectivity index (χ2v) is 6.06. The third-order valence-corrected chi connectivity index (χ3v) is 4.19. The lowest BCUT2D eigenvalue weighted by atomic mass is 9.99. The molecule has 0 atom stereocenters. The number of guanidine groups is 1. The SMILES string of the molecule is CCNC(=NCc1ccc(N2CCC(C)CC2)cc1)NCC.I. The summed E-state index contributed by atoms with van der Waals surface area (Å²) in [6, 6.07) is 8.88. The highest BCUT2D eigenvalue weighted by molar-refractivity contribution is 14.0. The lowest BCUT2D eigenvalue weighted by Gasteiger charge is -2.32. The van der Waals surface area contributed by atoms with Gasteiger partial charge in [0.2, 0.25) is 0 Å². The average molecular weight is 430 g/mol. The molecule has 0 unspecified atom stereocenters. The summed E-state index contributed by atoms with van der Waals surface area (Å²) in [6.07, 6.45) is 2.61. The van der Waals surface area contributed by atoms with Crippen LogP contribution in [0.3, 0.4) is 0 Å². The van der Waals surface area contributed by atoms with Gasteiger partial charge in [-0.1, -0.05) is 19.1 Å². The van der Waals surface area contributed by atoms with E-state index in [1.807, 2.05) is 0 Å². The minimum absolute atomic E-state index is 0. The number of hydrogen-bond acceptors (Lipinski definition) is 2. The summed E-state index contributed by atoms with van der Waals surface area (Å²) in [4.78, 5) is 7.10. The number of rotatable bonds is 5. The fraction of sp³-hybridized carbons (Fsp3) is 0.611. The zero-order valence-electron chi connectivity index (χ0n) is 14.6. The molecule has 23 heavy (non-hydrogen) atoms. The molecule has 0 aromatic heterocycles. The molecule has 1 fully saturated rings. The van der Waals surface area contributed by atoms with E-state index in [0.29, 0.717) is 6.54 Å². The van der Waals surface area contributed by atoms with Crippen molar-refractivity contribution >= 4 is 35.6 Å². The van der Waals surface area contributed by atoms with E-state index in [1.54, 1.807) is 0 Å². The van der Waals surface area contributed by atoms with Gasteiger partial charge in [-0.25, -0.2) is 4.99 Å². The van der Waals surface area contributed by atoms with E-state index in [4.69, 9.17) is 0 Å². The Balaban J connectivity index is 0.00000264. The number of aliphatic imine (C=N–C) groups is 1. The molecule has 5 heteroatoms. The Morgan fingerprint density at radius 2 is 1.65 bits per heavy atom. The summed E-state index contributed by atoms with van der Waals surface area (Å²) in [7, 11) is 0. The lowest BCUT2D eigenvalue weighted by molar-refractivity contribution is 0.438. The van der Waals surface area contributed by atoms with Gasteiger partial charge in [0.05, 0.1) is 6.54 Å². The maximum Gasteiger partial charge on any atom is 0.191 e. The van der Waals surface area contributed by atoms with E-state index in [-0.39, 0.29) is 24.0 Å². The van der Waals surface area contributed by atoms with E-state index in [0.717, 1.165) is 25.0 Å². The van der Waals surface area contributed by atoms with Crippen LogP contribution in [0.25, 0.3) is 0 Å². The van der Waals surface area contributed by atoms with Crippen molar-refractivity contribution in [3.8, 4) is 0 Å². The summed E-state index contributed by atoms with van der Waals surface area (Å²) < 4.78 is 0. The average Bonchev–Trinajstić information content (AvgIpc) is 2.54. The van der Waals surface area contributed by atoms with Crippen molar-refractivity contribution in [2.24, 2.45) is 10.9 Å². The molecule has 2 N–H and O–H groups in total. The number of anilines is 1. The molecule has 0 saturated carbocycles. The first kappa shape index (κ1) is 20.1. The van der Waals surface area contributed by atoms with Crippen molar-refractivity contribution < 1.29 is 0 Å². The van der Waals surface area contributed by atoms with Crippen LogP contribution in [0, 0.1) is 5.92 Å². The predicted octanol–water partition coefficient (Wildman–Crippen LogP) is 3.62. The third-order valence-electron chi connectivity index (χ3n) is 4.19. The summed E-state index contributed by atoms with van der Waals surface area (Å²) >= 11 is 0. The van der Waals surface area contributed by atoms with Crippen LogP contribution in [0.5, 0.6) is 0 Å². The van der Waals surface area contributed by atoms with Crippen LogP contribution in [-0.2, 0) is 6.54 Å². The van der Waals surface area contributed by atoms with Crippen LogP contribution in [0.2, 0.25) is 0 Å². The molecular weight excluding hydrogens is 399 g/mol.